The molecular formula is C16H29N3OS. The monoisotopic (exact) mass is 311 g/mol. The summed E-state index contributed by atoms with van der Waals surface area (Å²) in [6.07, 6.45) is 2.62. The zero-order chi connectivity index (χ0) is 15.6. The van der Waals surface area contributed by atoms with Crippen molar-refractivity contribution < 1.29 is 5.11 Å². The fraction of sp³-hybridized carbons (Fsp3) is 0.812. The molecule has 2 rings (SSSR count). The normalized spacial score (nSPS) is 20.6. The Balaban J connectivity index is 2.10. The standard InChI is InChI=1S/C16H29N3OS/c1-6-19(9-7-8-18(4)5)15-17-12-10-16(2,3)11-13(20)14(12)21-15/h13,20H,6-11H2,1-5H3. The van der Waals surface area contributed by atoms with E-state index < -0.39 is 0 Å². The van der Waals surface area contributed by atoms with Crippen LogP contribution in [0.25, 0.3) is 0 Å². The van der Waals surface area contributed by atoms with Crippen LogP contribution in [0.3, 0.4) is 0 Å². The van der Waals surface area contributed by atoms with Gasteiger partial charge in [0.2, 0.25) is 0 Å². The molecule has 0 aliphatic heterocycles. The van der Waals surface area contributed by atoms with E-state index in [1.807, 2.05) is 0 Å². The van der Waals surface area contributed by atoms with Crippen molar-refractivity contribution >= 4 is 16.5 Å². The zero-order valence-corrected chi connectivity index (χ0v) is 14.8. The Labute approximate surface area is 132 Å². The highest BCUT2D eigenvalue weighted by Crippen LogP contribution is 2.44. The first-order valence-corrected chi connectivity index (χ1v) is 8.71. The molecule has 1 N–H and O–H groups in total. The second kappa shape index (κ2) is 6.63. The van der Waals surface area contributed by atoms with Crippen molar-refractivity contribution in [1.82, 2.24) is 9.88 Å². The molecular weight excluding hydrogens is 282 g/mol. The Bertz CT molecular complexity index is 470. The number of aromatic nitrogens is 1. The predicted octanol–water partition coefficient (Wildman–Crippen LogP) is 2.93. The smallest absolute Gasteiger partial charge is 0.185 e. The molecule has 1 unspecified atom stereocenters. The number of nitrogens with zero attached hydrogens (tertiary/aromatic N) is 3. The number of hydrogen-bond acceptors (Lipinski definition) is 5. The van der Waals surface area contributed by atoms with E-state index in [1.54, 1.807) is 11.3 Å². The van der Waals surface area contributed by atoms with E-state index in [0.717, 1.165) is 54.6 Å². The Kier molecular flexibility index (Phi) is 5.28. The largest absolute Gasteiger partial charge is 0.387 e. The fourth-order valence-corrected chi connectivity index (χ4v) is 4.14. The Hall–Kier alpha value is -0.650. The summed E-state index contributed by atoms with van der Waals surface area (Å²) < 4.78 is 0. The van der Waals surface area contributed by atoms with Gasteiger partial charge in [-0.3, -0.25) is 0 Å². The van der Waals surface area contributed by atoms with Crippen LogP contribution in [-0.2, 0) is 6.42 Å². The average molecular weight is 311 g/mol. The molecule has 4 nitrogen and oxygen atoms in total. The Morgan fingerprint density at radius 2 is 2.05 bits per heavy atom. The van der Waals surface area contributed by atoms with Gasteiger partial charge >= 0.3 is 0 Å². The molecule has 1 atom stereocenters. The van der Waals surface area contributed by atoms with Crippen LogP contribution in [0.15, 0.2) is 0 Å². The minimum Gasteiger partial charge on any atom is -0.387 e. The van der Waals surface area contributed by atoms with Gasteiger partial charge in [0.25, 0.3) is 0 Å². The molecule has 0 fully saturated rings. The van der Waals surface area contributed by atoms with Crippen molar-refractivity contribution in [3.8, 4) is 0 Å². The number of thiazole rings is 1. The summed E-state index contributed by atoms with van der Waals surface area (Å²) in [4.78, 5) is 10.5. The highest BCUT2D eigenvalue weighted by atomic mass is 32.1. The molecule has 0 amide bonds. The van der Waals surface area contributed by atoms with Gasteiger partial charge in [-0.15, -0.1) is 0 Å². The summed E-state index contributed by atoms with van der Waals surface area (Å²) >= 11 is 1.69. The van der Waals surface area contributed by atoms with E-state index in [1.165, 1.54) is 0 Å². The third-order valence-electron chi connectivity index (χ3n) is 4.10. The van der Waals surface area contributed by atoms with E-state index in [0.29, 0.717) is 0 Å². The first-order valence-electron chi connectivity index (χ1n) is 7.90. The maximum Gasteiger partial charge on any atom is 0.185 e. The van der Waals surface area contributed by atoms with Gasteiger partial charge in [0, 0.05) is 13.1 Å². The summed E-state index contributed by atoms with van der Waals surface area (Å²) in [6, 6.07) is 0. The van der Waals surface area contributed by atoms with E-state index in [2.05, 4.69) is 44.7 Å². The van der Waals surface area contributed by atoms with Crippen LogP contribution in [0.1, 0.15) is 50.3 Å². The minimum absolute atomic E-state index is 0.153. The van der Waals surface area contributed by atoms with E-state index in [-0.39, 0.29) is 11.5 Å². The van der Waals surface area contributed by atoms with Gasteiger partial charge in [-0.25, -0.2) is 4.98 Å². The summed E-state index contributed by atoms with van der Waals surface area (Å²) in [6.45, 7) is 9.70. The van der Waals surface area contributed by atoms with E-state index in [4.69, 9.17) is 4.98 Å². The molecule has 120 valence electrons. The average Bonchev–Trinajstić information content (AvgIpc) is 2.76. The lowest BCUT2D eigenvalue weighted by molar-refractivity contribution is 0.102. The number of rotatable bonds is 6. The molecule has 21 heavy (non-hydrogen) atoms. The van der Waals surface area contributed by atoms with E-state index >= 15 is 0 Å². The number of hydrogen-bond donors (Lipinski definition) is 1. The Morgan fingerprint density at radius 3 is 2.67 bits per heavy atom. The Morgan fingerprint density at radius 1 is 1.33 bits per heavy atom. The van der Waals surface area contributed by atoms with Gasteiger partial charge in [-0.05, 0) is 52.2 Å². The lowest BCUT2D eigenvalue weighted by Gasteiger charge is -2.31. The van der Waals surface area contributed by atoms with Gasteiger partial charge in [-0.1, -0.05) is 25.2 Å². The lowest BCUT2D eigenvalue weighted by atomic mass is 9.77. The lowest BCUT2D eigenvalue weighted by Crippen LogP contribution is -2.27. The number of aliphatic hydroxyl groups is 1. The highest BCUT2D eigenvalue weighted by molar-refractivity contribution is 7.15. The zero-order valence-electron chi connectivity index (χ0n) is 14.0. The molecule has 1 heterocycles. The van der Waals surface area contributed by atoms with Crippen molar-refractivity contribution in [2.75, 3.05) is 38.6 Å². The summed E-state index contributed by atoms with van der Waals surface area (Å²) in [5, 5.41) is 11.4. The van der Waals surface area contributed by atoms with Crippen molar-refractivity contribution in [3.63, 3.8) is 0 Å². The molecule has 0 saturated heterocycles. The van der Waals surface area contributed by atoms with Crippen molar-refractivity contribution in [1.29, 1.82) is 0 Å². The van der Waals surface area contributed by atoms with Crippen LogP contribution in [0.2, 0.25) is 0 Å². The number of aliphatic hydroxyl groups excluding tert-OH is 1. The fourth-order valence-electron chi connectivity index (χ4n) is 2.98. The van der Waals surface area contributed by atoms with Crippen LogP contribution < -0.4 is 4.90 Å². The third kappa shape index (κ3) is 4.18. The number of fused-ring (bicyclic) bond motifs is 1. The minimum atomic E-state index is -0.338. The molecule has 5 heteroatoms. The van der Waals surface area contributed by atoms with Gasteiger partial charge in [0.05, 0.1) is 16.7 Å². The predicted molar refractivity (Wildman–Crippen MR) is 90.2 cm³/mol. The van der Waals surface area contributed by atoms with E-state index in [9.17, 15) is 5.11 Å². The highest BCUT2D eigenvalue weighted by Gasteiger charge is 2.34. The van der Waals surface area contributed by atoms with Crippen LogP contribution in [0.5, 0.6) is 0 Å². The van der Waals surface area contributed by atoms with Crippen LogP contribution in [0.4, 0.5) is 5.13 Å². The van der Waals surface area contributed by atoms with Gasteiger partial charge < -0.3 is 14.9 Å². The quantitative estimate of drug-likeness (QED) is 0.877. The van der Waals surface area contributed by atoms with Crippen molar-refractivity contribution in [2.24, 2.45) is 5.41 Å². The molecule has 0 saturated carbocycles. The molecule has 0 radical (unpaired) electrons. The first kappa shape index (κ1) is 16.7. The molecule has 1 aliphatic carbocycles. The second-order valence-electron chi connectivity index (χ2n) is 7.10. The van der Waals surface area contributed by atoms with Crippen molar-refractivity contribution in [2.45, 2.75) is 46.1 Å². The maximum atomic E-state index is 10.4. The summed E-state index contributed by atoms with van der Waals surface area (Å²) in [5.41, 5.74) is 1.27. The topological polar surface area (TPSA) is 39.6 Å². The van der Waals surface area contributed by atoms with Crippen LogP contribution in [-0.4, -0.2) is 48.7 Å². The molecule has 1 aliphatic rings. The maximum absolute atomic E-state index is 10.4. The second-order valence-corrected chi connectivity index (χ2v) is 8.11. The first-order chi connectivity index (χ1) is 9.82. The molecule has 0 spiro atoms. The summed E-state index contributed by atoms with van der Waals surface area (Å²) in [7, 11) is 4.22. The van der Waals surface area contributed by atoms with Crippen LogP contribution >= 0.6 is 11.3 Å². The number of anilines is 1. The molecule has 0 aromatic carbocycles. The van der Waals surface area contributed by atoms with Gasteiger partial charge in [-0.2, -0.15) is 0 Å². The molecule has 1 aromatic heterocycles. The van der Waals surface area contributed by atoms with Gasteiger partial charge in [0.1, 0.15) is 0 Å². The SMILES string of the molecule is CCN(CCCN(C)C)c1nc2c(s1)C(O)CC(C)(C)C2. The third-order valence-corrected chi connectivity index (χ3v) is 5.36. The van der Waals surface area contributed by atoms with Crippen LogP contribution in [0, 0.1) is 5.41 Å². The molecule has 1 aromatic rings. The molecule has 0 bridgehead atoms. The van der Waals surface area contributed by atoms with Gasteiger partial charge in [0.15, 0.2) is 5.13 Å². The van der Waals surface area contributed by atoms with Crippen molar-refractivity contribution in [3.05, 3.63) is 10.6 Å². The summed E-state index contributed by atoms with van der Waals surface area (Å²) in [5.74, 6) is 0.